The number of methoxy groups -OCH3 is 2. The molecule has 3 rings (SSSR count). The van der Waals surface area contributed by atoms with Crippen LogP contribution >= 0.6 is 0 Å². The van der Waals surface area contributed by atoms with E-state index in [0.29, 0.717) is 50.6 Å². The highest BCUT2D eigenvalue weighted by Crippen LogP contribution is 2.29. The molecule has 0 bridgehead atoms. The summed E-state index contributed by atoms with van der Waals surface area (Å²) < 4.78 is 42.7. The SMILES string of the molecule is COc1ccc(C(C)NC(=O)CCc2ccc(S(=O)(=O)N3CCOCC3)cc2)c(OC)c1. The lowest BCUT2D eigenvalue weighted by atomic mass is 10.1. The zero-order valence-electron chi connectivity index (χ0n) is 18.7. The number of aryl methyl sites for hydroxylation is 1. The summed E-state index contributed by atoms with van der Waals surface area (Å²) in [4.78, 5) is 12.7. The monoisotopic (exact) mass is 462 g/mol. The Morgan fingerprint density at radius 1 is 1.09 bits per heavy atom. The van der Waals surface area contributed by atoms with Crippen molar-refractivity contribution in [1.82, 2.24) is 9.62 Å². The number of nitrogens with zero attached hydrogens (tertiary/aromatic N) is 1. The molecule has 1 aliphatic rings. The minimum atomic E-state index is -3.52. The third-order valence-electron chi connectivity index (χ3n) is 5.46. The third-order valence-corrected chi connectivity index (χ3v) is 7.37. The highest BCUT2D eigenvalue weighted by Gasteiger charge is 2.26. The van der Waals surface area contributed by atoms with Crippen molar-refractivity contribution in [2.24, 2.45) is 0 Å². The number of rotatable bonds is 9. The van der Waals surface area contributed by atoms with E-state index in [-0.39, 0.29) is 16.8 Å². The maximum atomic E-state index is 12.7. The van der Waals surface area contributed by atoms with Gasteiger partial charge in [-0.1, -0.05) is 12.1 Å². The van der Waals surface area contributed by atoms with E-state index >= 15 is 0 Å². The molecule has 0 radical (unpaired) electrons. The first-order chi connectivity index (χ1) is 15.3. The molecular formula is C23H30N2O6S. The van der Waals surface area contributed by atoms with Gasteiger partial charge in [0.1, 0.15) is 11.5 Å². The number of amides is 1. The fourth-order valence-electron chi connectivity index (χ4n) is 3.59. The lowest BCUT2D eigenvalue weighted by Gasteiger charge is -2.26. The summed E-state index contributed by atoms with van der Waals surface area (Å²) in [5.74, 6) is 1.23. The summed E-state index contributed by atoms with van der Waals surface area (Å²) in [6.07, 6.45) is 0.800. The Bertz CT molecular complexity index is 1020. The van der Waals surface area contributed by atoms with Crippen LogP contribution in [-0.4, -0.2) is 59.2 Å². The van der Waals surface area contributed by atoms with Crippen LogP contribution in [0, 0.1) is 0 Å². The summed E-state index contributed by atoms with van der Waals surface area (Å²) in [5, 5.41) is 2.98. The van der Waals surface area contributed by atoms with Gasteiger partial charge in [-0.2, -0.15) is 4.31 Å². The standard InChI is InChI=1S/C23H30N2O6S/c1-17(21-10-7-19(29-2)16-22(21)30-3)24-23(26)11-6-18-4-8-20(9-5-18)32(27,28)25-12-14-31-15-13-25/h4-5,7-10,16-17H,6,11-15H2,1-3H3,(H,24,26). The van der Waals surface area contributed by atoms with Gasteiger partial charge >= 0.3 is 0 Å². The number of morpholine rings is 1. The summed E-state index contributed by atoms with van der Waals surface area (Å²) in [7, 11) is -0.348. The number of sulfonamides is 1. The van der Waals surface area contributed by atoms with E-state index in [1.165, 1.54) is 4.31 Å². The fraction of sp³-hybridized carbons (Fsp3) is 0.435. The van der Waals surface area contributed by atoms with Crippen LogP contribution < -0.4 is 14.8 Å². The van der Waals surface area contributed by atoms with Crippen molar-refractivity contribution in [3.8, 4) is 11.5 Å². The van der Waals surface area contributed by atoms with E-state index < -0.39 is 10.0 Å². The molecule has 1 saturated heterocycles. The normalized spacial score (nSPS) is 15.7. The number of hydrogen-bond donors (Lipinski definition) is 1. The maximum absolute atomic E-state index is 12.7. The summed E-state index contributed by atoms with van der Waals surface area (Å²) in [5.41, 5.74) is 1.76. The zero-order valence-corrected chi connectivity index (χ0v) is 19.5. The quantitative estimate of drug-likeness (QED) is 0.616. The first-order valence-corrected chi connectivity index (χ1v) is 12.0. The van der Waals surface area contributed by atoms with Crippen LogP contribution in [0.5, 0.6) is 11.5 Å². The Kier molecular flexibility index (Phi) is 8.11. The molecule has 1 atom stereocenters. The van der Waals surface area contributed by atoms with E-state index in [1.54, 1.807) is 44.6 Å². The second kappa shape index (κ2) is 10.8. The number of hydrogen-bond acceptors (Lipinski definition) is 6. The Hall–Kier alpha value is -2.62. The predicted molar refractivity (Wildman–Crippen MR) is 120 cm³/mol. The number of carbonyl (C=O) groups is 1. The van der Waals surface area contributed by atoms with Crippen LogP contribution in [-0.2, 0) is 26.0 Å². The van der Waals surface area contributed by atoms with Gasteiger partial charge < -0.3 is 19.5 Å². The summed E-state index contributed by atoms with van der Waals surface area (Å²) >= 11 is 0. The zero-order chi connectivity index (χ0) is 23.1. The van der Waals surface area contributed by atoms with Crippen molar-refractivity contribution < 1.29 is 27.4 Å². The molecule has 1 unspecified atom stereocenters. The lowest BCUT2D eigenvalue weighted by molar-refractivity contribution is -0.121. The maximum Gasteiger partial charge on any atom is 0.243 e. The van der Waals surface area contributed by atoms with Crippen molar-refractivity contribution in [2.75, 3.05) is 40.5 Å². The van der Waals surface area contributed by atoms with E-state index in [2.05, 4.69) is 5.32 Å². The molecule has 2 aromatic carbocycles. The van der Waals surface area contributed by atoms with Crippen LogP contribution in [0.3, 0.4) is 0 Å². The third kappa shape index (κ3) is 5.79. The first-order valence-electron chi connectivity index (χ1n) is 10.5. The minimum absolute atomic E-state index is 0.0969. The molecule has 1 aliphatic heterocycles. The van der Waals surface area contributed by atoms with Gasteiger partial charge in [-0.15, -0.1) is 0 Å². The smallest absolute Gasteiger partial charge is 0.243 e. The topological polar surface area (TPSA) is 94.2 Å². The van der Waals surface area contributed by atoms with Crippen molar-refractivity contribution >= 4 is 15.9 Å². The Balaban J connectivity index is 1.56. The number of carbonyl (C=O) groups excluding carboxylic acids is 1. The van der Waals surface area contributed by atoms with Crippen LogP contribution in [0.1, 0.15) is 30.5 Å². The van der Waals surface area contributed by atoms with E-state index in [4.69, 9.17) is 14.2 Å². The van der Waals surface area contributed by atoms with Gasteiger partial charge in [-0.05, 0) is 43.2 Å². The van der Waals surface area contributed by atoms with Gasteiger partial charge in [0.05, 0.1) is 38.4 Å². The largest absolute Gasteiger partial charge is 0.497 e. The van der Waals surface area contributed by atoms with Gasteiger partial charge in [-0.3, -0.25) is 4.79 Å². The van der Waals surface area contributed by atoms with Crippen LogP contribution in [0.25, 0.3) is 0 Å². The second-order valence-electron chi connectivity index (χ2n) is 7.56. The molecule has 1 N–H and O–H groups in total. The molecule has 174 valence electrons. The van der Waals surface area contributed by atoms with E-state index in [9.17, 15) is 13.2 Å². The molecule has 1 fully saturated rings. The molecule has 0 spiro atoms. The molecule has 0 aliphatic carbocycles. The number of ether oxygens (including phenoxy) is 3. The van der Waals surface area contributed by atoms with Crippen molar-refractivity contribution in [3.05, 3.63) is 53.6 Å². The van der Waals surface area contributed by atoms with Crippen molar-refractivity contribution in [1.29, 1.82) is 0 Å². The molecular weight excluding hydrogens is 432 g/mol. The van der Waals surface area contributed by atoms with Crippen LogP contribution in [0.15, 0.2) is 47.4 Å². The molecule has 9 heteroatoms. The summed E-state index contributed by atoms with van der Waals surface area (Å²) in [6.45, 7) is 3.44. The molecule has 8 nitrogen and oxygen atoms in total. The number of benzene rings is 2. The second-order valence-corrected chi connectivity index (χ2v) is 9.50. The molecule has 1 heterocycles. The summed E-state index contributed by atoms with van der Waals surface area (Å²) in [6, 6.07) is 12.0. The average Bonchev–Trinajstić information content (AvgIpc) is 2.83. The predicted octanol–water partition coefficient (Wildman–Crippen LogP) is 2.53. The average molecular weight is 463 g/mol. The van der Waals surface area contributed by atoms with Crippen molar-refractivity contribution in [3.63, 3.8) is 0 Å². The highest BCUT2D eigenvalue weighted by atomic mass is 32.2. The van der Waals surface area contributed by atoms with Crippen LogP contribution in [0.2, 0.25) is 0 Å². The van der Waals surface area contributed by atoms with Gasteiger partial charge in [0, 0.05) is 31.1 Å². The van der Waals surface area contributed by atoms with Crippen LogP contribution in [0.4, 0.5) is 0 Å². The fourth-order valence-corrected chi connectivity index (χ4v) is 5.00. The Morgan fingerprint density at radius 2 is 1.78 bits per heavy atom. The Morgan fingerprint density at radius 3 is 2.41 bits per heavy atom. The Labute approximate surface area is 189 Å². The lowest BCUT2D eigenvalue weighted by Crippen LogP contribution is -2.40. The van der Waals surface area contributed by atoms with E-state index in [1.807, 2.05) is 19.1 Å². The van der Waals surface area contributed by atoms with Crippen molar-refractivity contribution in [2.45, 2.75) is 30.7 Å². The van der Waals surface area contributed by atoms with E-state index in [0.717, 1.165) is 11.1 Å². The molecule has 0 saturated carbocycles. The van der Waals surface area contributed by atoms with Gasteiger partial charge in [0.2, 0.25) is 15.9 Å². The van der Waals surface area contributed by atoms with Gasteiger partial charge in [0.25, 0.3) is 0 Å². The molecule has 2 aromatic rings. The first kappa shape index (κ1) is 24.0. The molecule has 32 heavy (non-hydrogen) atoms. The van der Waals surface area contributed by atoms with Gasteiger partial charge in [-0.25, -0.2) is 8.42 Å². The number of nitrogens with one attached hydrogen (secondary N) is 1. The van der Waals surface area contributed by atoms with Gasteiger partial charge in [0.15, 0.2) is 0 Å². The minimum Gasteiger partial charge on any atom is -0.497 e. The molecule has 0 aromatic heterocycles. The molecule has 1 amide bonds. The highest BCUT2D eigenvalue weighted by molar-refractivity contribution is 7.89.